The van der Waals surface area contributed by atoms with Gasteiger partial charge in [-0.25, -0.2) is 4.98 Å². The van der Waals surface area contributed by atoms with Gasteiger partial charge in [-0.1, -0.05) is 54.9 Å². The van der Waals surface area contributed by atoms with E-state index in [1.165, 1.54) is 4.90 Å². The summed E-state index contributed by atoms with van der Waals surface area (Å²) in [5, 5.41) is 24.1. The summed E-state index contributed by atoms with van der Waals surface area (Å²) in [6.07, 6.45) is 0.257. The van der Waals surface area contributed by atoms with Crippen molar-refractivity contribution >= 4 is 23.4 Å². The molecule has 38 heavy (non-hydrogen) atoms. The van der Waals surface area contributed by atoms with E-state index in [1.807, 2.05) is 49.4 Å². The number of carbonyl (C=O) groups excluding carboxylic acids is 2. The summed E-state index contributed by atoms with van der Waals surface area (Å²) in [6.45, 7) is 3.15. The van der Waals surface area contributed by atoms with Crippen molar-refractivity contribution < 1.29 is 24.5 Å². The van der Waals surface area contributed by atoms with Crippen LogP contribution in [0.5, 0.6) is 5.88 Å². The molecule has 0 bridgehead atoms. The summed E-state index contributed by atoms with van der Waals surface area (Å²) < 4.78 is 5.74. The lowest BCUT2D eigenvalue weighted by atomic mass is 10.0. The van der Waals surface area contributed by atoms with Crippen molar-refractivity contribution in [2.24, 2.45) is 0 Å². The summed E-state index contributed by atoms with van der Waals surface area (Å²) in [5.41, 5.74) is 3.43. The topological polar surface area (TPSA) is 112 Å². The molecule has 200 valence electrons. The van der Waals surface area contributed by atoms with Crippen molar-refractivity contribution in [1.29, 1.82) is 0 Å². The van der Waals surface area contributed by atoms with Crippen molar-refractivity contribution in [3.8, 4) is 17.0 Å². The van der Waals surface area contributed by atoms with Gasteiger partial charge in [-0.15, -0.1) is 0 Å². The molecule has 3 atom stereocenters. The van der Waals surface area contributed by atoms with Gasteiger partial charge < -0.3 is 25.2 Å². The molecule has 2 aromatic carbocycles. The summed E-state index contributed by atoms with van der Waals surface area (Å²) in [7, 11) is 0. The van der Waals surface area contributed by atoms with Gasteiger partial charge in [0, 0.05) is 29.9 Å². The van der Waals surface area contributed by atoms with Crippen LogP contribution in [-0.4, -0.2) is 57.3 Å². The highest BCUT2D eigenvalue weighted by atomic mass is 35.5. The number of rotatable bonds is 10. The average Bonchev–Trinajstić information content (AvgIpc) is 3.44. The Morgan fingerprint density at radius 3 is 2.66 bits per heavy atom. The Labute approximate surface area is 227 Å². The summed E-state index contributed by atoms with van der Waals surface area (Å²) in [5.74, 6) is -0.944. The smallest absolute Gasteiger partial charge is 0.255 e. The number of hydrogen-bond donors (Lipinski definition) is 3. The summed E-state index contributed by atoms with van der Waals surface area (Å²) >= 11 is 6.10. The molecular formula is C29H32ClN3O5. The minimum Gasteiger partial charge on any atom is -0.477 e. The Bertz CT molecular complexity index is 1250. The number of halogens is 1. The van der Waals surface area contributed by atoms with E-state index in [9.17, 15) is 19.8 Å². The number of nitrogens with one attached hydrogen (secondary N) is 1. The van der Waals surface area contributed by atoms with E-state index >= 15 is 0 Å². The molecule has 1 aliphatic heterocycles. The van der Waals surface area contributed by atoms with Gasteiger partial charge >= 0.3 is 0 Å². The Morgan fingerprint density at radius 1 is 1.13 bits per heavy atom. The van der Waals surface area contributed by atoms with Crippen LogP contribution in [-0.2, 0) is 16.1 Å². The van der Waals surface area contributed by atoms with Gasteiger partial charge in [0.1, 0.15) is 0 Å². The third-order valence-corrected chi connectivity index (χ3v) is 6.77. The standard InChI is InChI=1S/C29H32ClN3O5/c1-2-16-38-28-23(8-4-14-31-28)20-12-10-19(11-13-20)18-32-27(36)25(34)26(35)29(37)33-15-5-9-24(33)21-6-3-7-22(30)17-21/h3-4,6-8,10-14,17,24-26,34-35H,2,5,9,15-16,18H2,1H3,(H,32,36)/t24-,25-,26-/m1/s1. The molecule has 1 aromatic heterocycles. The second kappa shape index (κ2) is 12.9. The number of likely N-dealkylation sites (tertiary alicyclic amines) is 1. The zero-order chi connectivity index (χ0) is 27.1. The molecule has 0 spiro atoms. The fraction of sp³-hybridized carbons (Fsp3) is 0.345. The van der Waals surface area contributed by atoms with Crippen molar-refractivity contribution in [2.75, 3.05) is 13.2 Å². The van der Waals surface area contributed by atoms with Gasteiger partial charge in [-0.3, -0.25) is 9.59 Å². The lowest BCUT2D eigenvalue weighted by Crippen LogP contribution is -2.50. The van der Waals surface area contributed by atoms with Crippen LogP contribution in [0, 0.1) is 0 Å². The molecular weight excluding hydrogens is 506 g/mol. The normalized spacial score (nSPS) is 16.6. The molecule has 8 nitrogen and oxygen atoms in total. The minimum atomic E-state index is -1.89. The third kappa shape index (κ3) is 6.51. The van der Waals surface area contributed by atoms with Crippen LogP contribution in [0.2, 0.25) is 5.02 Å². The highest BCUT2D eigenvalue weighted by Crippen LogP contribution is 2.33. The van der Waals surface area contributed by atoms with E-state index in [4.69, 9.17) is 16.3 Å². The molecule has 4 rings (SSSR count). The van der Waals surface area contributed by atoms with Gasteiger partial charge in [-0.05, 0) is 60.2 Å². The monoisotopic (exact) mass is 537 g/mol. The number of aliphatic hydroxyl groups excluding tert-OH is 2. The Balaban J connectivity index is 1.34. The molecule has 2 amide bonds. The van der Waals surface area contributed by atoms with Gasteiger partial charge in [0.15, 0.2) is 12.2 Å². The fourth-order valence-corrected chi connectivity index (χ4v) is 4.76. The molecule has 3 N–H and O–H groups in total. The number of aromatic nitrogens is 1. The first-order valence-corrected chi connectivity index (χ1v) is 13.1. The molecule has 0 aliphatic carbocycles. The van der Waals surface area contributed by atoms with Gasteiger partial charge in [0.2, 0.25) is 5.88 Å². The Morgan fingerprint density at radius 2 is 1.92 bits per heavy atom. The predicted octanol–water partition coefficient (Wildman–Crippen LogP) is 3.89. The van der Waals surface area contributed by atoms with Crippen molar-refractivity contribution in [3.63, 3.8) is 0 Å². The number of benzene rings is 2. The maximum absolute atomic E-state index is 13.0. The largest absolute Gasteiger partial charge is 0.477 e. The van der Waals surface area contributed by atoms with Crippen LogP contribution >= 0.6 is 11.6 Å². The van der Waals surface area contributed by atoms with E-state index in [0.29, 0.717) is 30.5 Å². The number of hydrogen-bond acceptors (Lipinski definition) is 6. The quantitative estimate of drug-likeness (QED) is 0.362. The summed E-state index contributed by atoms with van der Waals surface area (Å²) in [4.78, 5) is 31.4. The first-order chi connectivity index (χ1) is 18.4. The van der Waals surface area contributed by atoms with Crippen molar-refractivity contribution in [2.45, 2.75) is 51.0 Å². The molecule has 0 saturated carbocycles. The van der Waals surface area contributed by atoms with Gasteiger partial charge in [-0.2, -0.15) is 0 Å². The number of nitrogens with zero attached hydrogens (tertiary/aromatic N) is 2. The molecule has 9 heteroatoms. The van der Waals surface area contributed by atoms with E-state index in [-0.39, 0.29) is 12.6 Å². The maximum Gasteiger partial charge on any atom is 0.255 e. The van der Waals surface area contributed by atoms with E-state index < -0.39 is 24.0 Å². The van der Waals surface area contributed by atoms with E-state index in [0.717, 1.165) is 35.1 Å². The van der Waals surface area contributed by atoms with Gasteiger partial charge in [0.05, 0.1) is 12.6 Å². The number of amides is 2. The number of pyridine rings is 1. The molecule has 1 saturated heterocycles. The van der Waals surface area contributed by atoms with Crippen LogP contribution in [0.15, 0.2) is 66.9 Å². The highest BCUT2D eigenvalue weighted by Gasteiger charge is 2.38. The second-order valence-corrected chi connectivity index (χ2v) is 9.69. The van der Waals surface area contributed by atoms with Gasteiger partial charge in [0.25, 0.3) is 11.8 Å². The molecule has 3 aromatic rings. The van der Waals surface area contributed by atoms with E-state index in [1.54, 1.807) is 24.4 Å². The van der Waals surface area contributed by atoms with Crippen LogP contribution < -0.4 is 10.1 Å². The third-order valence-electron chi connectivity index (χ3n) is 6.54. The van der Waals surface area contributed by atoms with Crippen molar-refractivity contribution in [3.05, 3.63) is 83.0 Å². The Hall–Kier alpha value is -3.46. The molecule has 2 heterocycles. The highest BCUT2D eigenvalue weighted by molar-refractivity contribution is 6.30. The SMILES string of the molecule is CCCOc1ncccc1-c1ccc(CNC(=O)[C@H](O)[C@@H](O)C(=O)N2CCC[C@@H]2c2cccc(Cl)c2)cc1. The lowest BCUT2D eigenvalue weighted by Gasteiger charge is -2.28. The second-order valence-electron chi connectivity index (χ2n) is 9.25. The van der Waals surface area contributed by atoms with Crippen LogP contribution in [0.4, 0.5) is 0 Å². The fourth-order valence-electron chi connectivity index (χ4n) is 4.56. The zero-order valence-corrected chi connectivity index (χ0v) is 22.0. The van der Waals surface area contributed by atoms with Crippen LogP contribution in [0.1, 0.15) is 43.4 Å². The lowest BCUT2D eigenvalue weighted by molar-refractivity contribution is -0.153. The minimum absolute atomic E-state index is 0.123. The number of aliphatic hydroxyl groups is 2. The Kier molecular flexibility index (Phi) is 9.33. The predicted molar refractivity (Wildman–Crippen MR) is 144 cm³/mol. The van der Waals surface area contributed by atoms with Crippen molar-refractivity contribution in [1.82, 2.24) is 15.2 Å². The number of ether oxygens (including phenoxy) is 1. The maximum atomic E-state index is 13.0. The molecule has 1 aliphatic rings. The first-order valence-electron chi connectivity index (χ1n) is 12.8. The van der Waals surface area contributed by atoms with Crippen LogP contribution in [0.3, 0.4) is 0 Å². The van der Waals surface area contributed by atoms with Crippen LogP contribution in [0.25, 0.3) is 11.1 Å². The summed E-state index contributed by atoms with van der Waals surface area (Å²) in [6, 6.07) is 18.2. The van der Waals surface area contributed by atoms with E-state index in [2.05, 4.69) is 10.3 Å². The average molecular weight is 538 g/mol. The first kappa shape index (κ1) is 27.6. The molecule has 0 unspecified atom stereocenters. The zero-order valence-electron chi connectivity index (χ0n) is 21.2. The molecule has 1 fully saturated rings. The molecule has 0 radical (unpaired) electrons. The number of carbonyl (C=O) groups is 2.